The van der Waals surface area contributed by atoms with Crippen molar-refractivity contribution in [1.82, 2.24) is 5.32 Å². The van der Waals surface area contributed by atoms with Crippen LogP contribution in [-0.4, -0.2) is 19.0 Å². The highest BCUT2D eigenvalue weighted by atomic mass is 19.1. The van der Waals surface area contributed by atoms with Gasteiger partial charge in [-0.15, -0.1) is 0 Å². The van der Waals surface area contributed by atoms with Crippen LogP contribution in [0.1, 0.15) is 12.5 Å². The Morgan fingerprint density at radius 2 is 2.19 bits per heavy atom. The normalized spacial score (nSPS) is 9.31. The molecule has 4 nitrogen and oxygen atoms in total. The molecule has 0 saturated carbocycles. The average molecular weight is 221 g/mol. The maximum atomic E-state index is 13.0. The molecule has 0 fully saturated rings. The number of halogens is 1. The summed E-state index contributed by atoms with van der Waals surface area (Å²) >= 11 is 0. The summed E-state index contributed by atoms with van der Waals surface area (Å²) in [5.74, 6) is -0.570. The first kappa shape index (κ1) is 12.0. The van der Waals surface area contributed by atoms with Crippen LogP contribution in [-0.2, 0) is 4.79 Å². The molecule has 0 aliphatic carbocycles. The summed E-state index contributed by atoms with van der Waals surface area (Å²) in [6, 6.07) is 5.89. The van der Waals surface area contributed by atoms with Gasteiger partial charge >= 0.3 is 0 Å². The van der Waals surface area contributed by atoms with E-state index in [1.807, 2.05) is 6.07 Å². The van der Waals surface area contributed by atoms with E-state index in [2.05, 4.69) is 10.6 Å². The van der Waals surface area contributed by atoms with E-state index in [1.54, 1.807) is 6.07 Å². The maximum absolute atomic E-state index is 13.0. The van der Waals surface area contributed by atoms with E-state index >= 15 is 0 Å². The Kier molecular flexibility index (Phi) is 4.28. The number of carbonyl (C=O) groups is 1. The van der Waals surface area contributed by atoms with Gasteiger partial charge in [0.1, 0.15) is 5.82 Å². The molecule has 0 aliphatic heterocycles. The van der Waals surface area contributed by atoms with Gasteiger partial charge in [0.15, 0.2) is 0 Å². The van der Waals surface area contributed by atoms with Crippen molar-refractivity contribution in [3.63, 3.8) is 0 Å². The Labute approximate surface area is 93.1 Å². The minimum atomic E-state index is -0.457. The van der Waals surface area contributed by atoms with Gasteiger partial charge in [-0.1, -0.05) is 0 Å². The van der Waals surface area contributed by atoms with Crippen LogP contribution in [0.5, 0.6) is 0 Å². The molecule has 0 radical (unpaired) electrons. The van der Waals surface area contributed by atoms with E-state index in [0.717, 1.165) is 0 Å². The van der Waals surface area contributed by atoms with Gasteiger partial charge in [0.2, 0.25) is 5.91 Å². The van der Waals surface area contributed by atoms with E-state index in [9.17, 15) is 9.18 Å². The molecule has 5 heteroatoms. The molecule has 1 amide bonds. The smallest absolute Gasteiger partial charge is 0.216 e. The summed E-state index contributed by atoms with van der Waals surface area (Å²) in [6.45, 7) is 2.36. The first-order chi connectivity index (χ1) is 7.61. The Hall–Kier alpha value is -2.09. The molecule has 84 valence electrons. The molecule has 2 N–H and O–H groups in total. The number of hydrogen-bond acceptors (Lipinski definition) is 3. The van der Waals surface area contributed by atoms with Crippen LogP contribution in [0.2, 0.25) is 0 Å². The first-order valence-corrected chi connectivity index (χ1v) is 4.81. The van der Waals surface area contributed by atoms with Crippen molar-refractivity contribution in [3.05, 3.63) is 29.6 Å². The van der Waals surface area contributed by atoms with E-state index < -0.39 is 5.82 Å². The second-order valence-corrected chi connectivity index (χ2v) is 3.25. The SMILES string of the molecule is CC(=O)NCCNc1cc(F)cc(C#N)c1. The van der Waals surface area contributed by atoms with Crippen LogP contribution >= 0.6 is 0 Å². The van der Waals surface area contributed by atoms with E-state index in [4.69, 9.17) is 5.26 Å². The maximum Gasteiger partial charge on any atom is 0.216 e. The number of nitriles is 1. The summed E-state index contributed by atoms with van der Waals surface area (Å²) in [5, 5.41) is 14.1. The first-order valence-electron chi connectivity index (χ1n) is 4.81. The number of rotatable bonds is 4. The Morgan fingerprint density at radius 1 is 1.44 bits per heavy atom. The standard InChI is InChI=1S/C11H12FN3O/c1-8(16)14-2-3-15-11-5-9(7-13)4-10(12)6-11/h4-6,15H,2-3H2,1H3,(H,14,16). The number of amides is 1. The van der Waals surface area contributed by atoms with Crippen molar-refractivity contribution in [1.29, 1.82) is 5.26 Å². The van der Waals surface area contributed by atoms with Crippen LogP contribution in [0, 0.1) is 17.1 Å². The number of hydrogen-bond donors (Lipinski definition) is 2. The lowest BCUT2D eigenvalue weighted by Crippen LogP contribution is -2.26. The van der Waals surface area contributed by atoms with Gasteiger partial charge in [-0.2, -0.15) is 5.26 Å². The van der Waals surface area contributed by atoms with Gasteiger partial charge in [0, 0.05) is 25.7 Å². The monoisotopic (exact) mass is 221 g/mol. The second-order valence-electron chi connectivity index (χ2n) is 3.25. The number of nitrogens with one attached hydrogen (secondary N) is 2. The van der Waals surface area contributed by atoms with E-state index in [1.165, 1.54) is 19.1 Å². The zero-order valence-electron chi connectivity index (χ0n) is 8.88. The molecule has 0 unspecified atom stereocenters. The van der Waals surface area contributed by atoms with Gasteiger partial charge in [0.25, 0.3) is 0 Å². The van der Waals surface area contributed by atoms with Crippen LogP contribution in [0.15, 0.2) is 18.2 Å². The van der Waals surface area contributed by atoms with Gasteiger partial charge < -0.3 is 10.6 Å². The summed E-state index contributed by atoms with van der Waals surface area (Å²) in [5.41, 5.74) is 0.795. The third-order valence-electron chi connectivity index (χ3n) is 1.85. The van der Waals surface area contributed by atoms with Crippen molar-refractivity contribution in [2.45, 2.75) is 6.92 Å². The quantitative estimate of drug-likeness (QED) is 0.752. The van der Waals surface area contributed by atoms with Crippen LogP contribution in [0.25, 0.3) is 0 Å². The molecular weight excluding hydrogens is 209 g/mol. The fourth-order valence-corrected chi connectivity index (χ4v) is 1.20. The zero-order valence-corrected chi connectivity index (χ0v) is 8.88. The lowest BCUT2D eigenvalue weighted by atomic mass is 10.2. The van der Waals surface area contributed by atoms with E-state index in [-0.39, 0.29) is 11.5 Å². The third-order valence-corrected chi connectivity index (χ3v) is 1.85. The predicted molar refractivity (Wildman–Crippen MR) is 58.3 cm³/mol. The van der Waals surface area contributed by atoms with Gasteiger partial charge in [-0.25, -0.2) is 4.39 Å². The molecule has 0 bridgehead atoms. The highest BCUT2D eigenvalue weighted by Gasteiger charge is 1.99. The topological polar surface area (TPSA) is 64.9 Å². The molecule has 0 heterocycles. The van der Waals surface area contributed by atoms with Crippen molar-refractivity contribution >= 4 is 11.6 Å². The predicted octanol–water partition coefficient (Wildman–Crippen LogP) is 1.25. The molecule has 0 aliphatic rings. The van der Waals surface area contributed by atoms with Crippen molar-refractivity contribution in [3.8, 4) is 6.07 Å². The largest absolute Gasteiger partial charge is 0.383 e. The lowest BCUT2D eigenvalue weighted by Gasteiger charge is -2.07. The molecule has 16 heavy (non-hydrogen) atoms. The molecule has 0 saturated heterocycles. The zero-order chi connectivity index (χ0) is 12.0. The molecular formula is C11H12FN3O. The Bertz CT molecular complexity index is 426. The van der Waals surface area contributed by atoms with Crippen molar-refractivity contribution in [2.75, 3.05) is 18.4 Å². The van der Waals surface area contributed by atoms with Crippen LogP contribution in [0.4, 0.5) is 10.1 Å². The number of anilines is 1. The molecule has 0 atom stereocenters. The molecule has 1 aromatic carbocycles. The van der Waals surface area contributed by atoms with Crippen molar-refractivity contribution in [2.24, 2.45) is 0 Å². The van der Waals surface area contributed by atoms with Gasteiger partial charge in [-0.3, -0.25) is 4.79 Å². The number of benzene rings is 1. The molecule has 1 aromatic rings. The number of carbonyl (C=O) groups excluding carboxylic acids is 1. The van der Waals surface area contributed by atoms with E-state index in [0.29, 0.717) is 18.8 Å². The fourth-order valence-electron chi connectivity index (χ4n) is 1.20. The third kappa shape index (κ3) is 3.96. The fraction of sp³-hybridized carbons (Fsp3) is 0.273. The summed E-state index contributed by atoms with van der Waals surface area (Å²) < 4.78 is 13.0. The minimum Gasteiger partial charge on any atom is -0.383 e. The average Bonchev–Trinajstić information content (AvgIpc) is 2.23. The Morgan fingerprint density at radius 3 is 2.81 bits per heavy atom. The molecule has 0 spiro atoms. The lowest BCUT2D eigenvalue weighted by molar-refractivity contribution is -0.118. The van der Waals surface area contributed by atoms with Crippen LogP contribution in [0.3, 0.4) is 0 Å². The minimum absolute atomic E-state index is 0.112. The highest BCUT2D eigenvalue weighted by molar-refractivity contribution is 5.72. The summed E-state index contributed by atoms with van der Waals surface area (Å²) in [7, 11) is 0. The Balaban J connectivity index is 2.51. The van der Waals surface area contributed by atoms with Crippen molar-refractivity contribution < 1.29 is 9.18 Å². The van der Waals surface area contributed by atoms with Crippen LogP contribution < -0.4 is 10.6 Å². The van der Waals surface area contributed by atoms with Gasteiger partial charge in [-0.05, 0) is 18.2 Å². The molecule has 1 rings (SSSR count). The second kappa shape index (κ2) is 5.71. The summed E-state index contributed by atoms with van der Waals surface area (Å²) in [6.07, 6.45) is 0. The van der Waals surface area contributed by atoms with Gasteiger partial charge in [0.05, 0.1) is 11.6 Å². The molecule has 0 aromatic heterocycles. The summed E-state index contributed by atoms with van der Waals surface area (Å²) in [4.78, 5) is 10.6. The number of nitrogens with zero attached hydrogens (tertiary/aromatic N) is 1. The highest BCUT2D eigenvalue weighted by Crippen LogP contribution is 2.12.